The lowest BCUT2D eigenvalue weighted by atomic mass is 10.3. The van der Waals surface area contributed by atoms with E-state index in [1.165, 1.54) is 23.5 Å². The lowest BCUT2D eigenvalue weighted by molar-refractivity contribution is -0.385. The molecule has 0 spiro atoms. The van der Waals surface area contributed by atoms with Gasteiger partial charge in [0, 0.05) is 22.1 Å². The van der Waals surface area contributed by atoms with Crippen LogP contribution in [-0.2, 0) is 6.61 Å². The van der Waals surface area contributed by atoms with Crippen LogP contribution in [0.2, 0.25) is 0 Å². The molecular formula is C12H8BrN3O4S. The van der Waals surface area contributed by atoms with Crippen molar-refractivity contribution in [2.45, 2.75) is 6.61 Å². The Morgan fingerprint density at radius 1 is 1.52 bits per heavy atom. The van der Waals surface area contributed by atoms with E-state index in [9.17, 15) is 15.2 Å². The molecule has 1 N–H and O–H groups in total. The molecule has 0 radical (unpaired) electrons. The summed E-state index contributed by atoms with van der Waals surface area (Å²) in [6.45, 7) is -0.280. The summed E-state index contributed by atoms with van der Waals surface area (Å²) in [5.41, 5.74) is 0.271. The van der Waals surface area contributed by atoms with Crippen LogP contribution in [0.4, 0.5) is 5.69 Å². The number of aliphatic hydroxyl groups is 1. The third kappa shape index (κ3) is 2.50. The molecule has 1 aromatic carbocycles. The molecule has 0 atom stereocenters. The Morgan fingerprint density at radius 3 is 3.05 bits per heavy atom. The minimum absolute atomic E-state index is 0.0728. The van der Waals surface area contributed by atoms with Crippen LogP contribution in [0.3, 0.4) is 0 Å². The first-order chi connectivity index (χ1) is 10.1. The highest BCUT2D eigenvalue weighted by molar-refractivity contribution is 9.10. The van der Waals surface area contributed by atoms with Crippen molar-refractivity contribution in [1.82, 2.24) is 9.38 Å². The summed E-state index contributed by atoms with van der Waals surface area (Å²) in [7, 11) is 0. The zero-order chi connectivity index (χ0) is 15.0. The third-order valence-corrected chi connectivity index (χ3v) is 4.05. The summed E-state index contributed by atoms with van der Waals surface area (Å²) in [5.74, 6) is 0.235. The fourth-order valence-corrected chi connectivity index (χ4v) is 2.94. The molecule has 0 fully saturated rings. The molecule has 21 heavy (non-hydrogen) atoms. The molecule has 0 bridgehead atoms. The molecule has 0 saturated carbocycles. The second-order valence-electron chi connectivity index (χ2n) is 4.05. The minimum Gasteiger partial charge on any atom is -0.430 e. The highest BCUT2D eigenvalue weighted by atomic mass is 79.9. The van der Waals surface area contributed by atoms with Gasteiger partial charge in [0.15, 0.2) is 4.96 Å². The van der Waals surface area contributed by atoms with Gasteiger partial charge in [-0.1, -0.05) is 15.9 Å². The summed E-state index contributed by atoms with van der Waals surface area (Å²) in [4.78, 5) is 15.4. The number of aromatic nitrogens is 2. The third-order valence-electron chi connectivity index (χ3n) is 2.80. The van der Waals surface area contributed by atoms with Crippen LogP contribution in [-0.4, -0.2) is 19.4 Å². The smallest absolute Gasteiger partial charge is 0.312 e. The molecule has 3 rings (SSSR count). The van der Waals surface area contributed by atoms with E-state index in [4.69, 9.17) is 4.74 Å². The van der Waals surface area contributed by atoms with E-state index in [1.54, 1.807) is 16.7 Å². The molecule has 2 heterocycles. The molecule has 108 valence electrons. The average molecular weight is 370 g/mol. The number of hydrogen-bond donors (Lipinski definition) is 1. The first-order valence-corrected chi connectivity index (χ1v) is 7.44. The van der Waals surface area contributed by atoms with Gasteiger partial charge in [0.25, 0.3) is 0 Å². The molecule has 0 saturated heterocycles. The van der Waals surface area contributed by atoms with E-state index in [2.05, 4.69) is 20.9 Å². The summed E-state index contributed by atoms with van der Waals surface area (Å²) < 4.78 is 7.81. The number of fused-ring (bicyclic) bond motifs is 1. The van der Waals surface area contributed by atoms with Crippen molar-refractivity contribution in [2.75, 3.05) is 0 Å². The SMILES string of the molecule is O=[N+]([O-])c1cc(Br)ccc1Oc1nc2sccn2c1CO. The van der Waals surface area contributed by atoms with Gasteiger partial charge in [0.05, 0.1) is 11.5 Å². The van der Waals surface area contributed by atoms with Crippen LogP contribution in [0.5, 0.6) is 11.6 Å². The van der Waals surface area contributed by atoms with Gasteiger partial charge < -0.3 is 9.84 Å². The molecule has 0 amide bonds. The topological polar surface area (TPSA) is 89.9 Å². The lowest BCUT2D eigenvalue weighted by Gasteiger charge is -2.05. The van der Waals surface area contributed by atoms with Crippen molar-refractivity contribution in [3.8, 4) is 11.6 Å². The summed E-state index contributed by atoms with van der Waals surface area (Å²) >= 11 is 4.56. The first-order valence-electron chi connectivity index (χ1n) is 5.77. The van der Waals surface area contributed by atoms with Gasteiger partial charge in [0.2, 0.25) is 11.6 Å². The maximum Gasteiger partial charge on any atom is 0.312 e. The van der Waals surface area contributed by atoms with Crippen molar-refractivity contribution in [3.63, 3.8) is 0 Å². The monoisotopic (exact) mass is 369 g/mol. The highest BCUT2D eigenvalue weighted by Gasteiger charge is 2.20. The molecule has 0 aliphatic carbocycles. The molecular weight excluding hydrogens is 362 g/mol. The Morgan fingerprint density at radius 2 is 2.33 bits per heavy atom. The number of imidazole rings is 1. The Balaban J connectivity index is 2.06. The molecule has 0 unspecified atom stereocenters. The van der Waals surface area contributed by atoms with E-state index in [0.717, 1.165) is 0 Å². The van der Waals surface area contributed by atoms with Gasteiger partial charge in [-0.25, -0.2) is 0 Å². The number of ether oxygens (including phenoxy) is 1. The number of thiazole rings is 1. The number of aliphatic hydroxyl groups excluding tert-OH is 1. The molecule has 2 aromatic heterocycles. The van der Waals surface area contributed by atoms with Crippen molar-refractivity contribution in [1.29, 1.82) is 0 Å². The Labute approximate surface area is 130 Å². The lowest BCUT2D eigenvalue weighted by Crippen LogP contribution is -1.97. The second-order valence-corrected chi connectivity index (χ2v) is 5.84. The van der Waals surface area contributed by atoms with Gasteiger partial charge in [-0.15, -0.1) is 11.3 Å². The number of hydrogen-bond acceptors (Lipinski definition) is 6. The normalized spacial score (nSPS) is 11.0. The van der Waals surface area contributed by atoms with E-state index < -0.39 is 4.92 Å². The molecule has 0 aliphatic heterocycles. The number of rotatable bonds is 4. The largest absolute Gasteiger partial charge is 0.430 e. The number of nitrogens with zero attached hydrogens (tertiary/aromatic N) is 3. The summed E-state index contributed by atoms with van der Waals surface area (Å²) in [5, 5.41) is 22.3. The Bertz CT molecular complexity index is 829. The van der Waals surface area contributed by atoms with Gasteiger partial charge in [0.1, 0.15) is 5.69 Å². The van der Waals surface area contributed by atoms with E-state index in [-0.39, 0.29) is 23.9 Å². The standard InChI is InChI=1S/C12H8BrN3O4S/c13-7-1-2-10(8(5-7)16(18)19)20-11-9(6-17)15-3-4-21-12(15)14-11/h1-5,17H,6H2. The van der Waals surface area contributed by atoms with E-state index in [0.29, 0.717) is 15.1 Å². The van der Waals surface area contributed by atoms with Gasteiger partial charge >= 0.3 is 5.69 Å². The van der Waals surface area contributed by atoms with E-state index in [1.807, 2.05) is 5.38 Å². The zero-order valence-corrected chi connectivity index (χ0v) is 12.8. The summed E-state index contributed by atoms with van der Waals surface area (Å²) in [6.07, 6.45) is 1.75. The fourth-order valence-electron chi connectivity index (χ4n) is 1.86. The molecule has 7 nitrogen and oxygen atoms in total. The molecule has 3 aromatic rings. The van der Waals surface area contributed by atoms with Crippen LogP contribution >= 0.6 is 27.3 Å². The van der Waals surface area contributed by atoms with Gasteiger partial charge in [-0.05, 0) is 12.1 Å². The first kappa shape index (κ1) is 14.0. The maximum atomic E-state index is 11.1. The van der Waals surface area contributed by atoms with Crippen molar-refractivity contribution >= 4 is 37.9 Å². The highest BCUT2D eigenvalue weighted by Crippen LogP contribution is 2.35. The zero-order valence-electron chi connectivity index (χ0n) is 10.4. The number of nitro groups is 1. The fraction of sp³-hybridized carbons (Fsp3) is 0.0833. The van der Waals surface area contributed by atoms with Crippen LogP contribution < -0.4 is 4.74 Å². The predicted molar refractivity (Wildman–Crippen MR) is 79.9 cm³/mol. The Hall–Kier alpha value is -1.97. The van der Waals surface area contributed by atoms with E-state index >= 15 is 0 Å². The quantitative estimate of drug-likeness (QED) is 0.562. The van der Waals surface area contributed by atoms with Crippen molar-refractivity contribution < 1.29 is 14.8 Å². The van der Waals surface area contributed by atoms with Crippen LogP contribution in [0.1, 0.15) is 5.69 Å². The molecule has 9 heteroatoms. The van der Waals surface area contributed by atoms with Crippen molar-refractivity contribution in [2.24, 2.45) is 0 Å². The van der Waals surface area contributed by atoms with Crippen LogP contribution in [0.25, 0.3) is 4.96 Å². The average Bonchev–Trinajstić information content (AvgIpc) is 3.00. The van der Waals surface area contributed by atoms with Crippen molar-refractivity contribution in [3.05, 3.63) is 50.1 Å². The number of benzene rings is 1. The Kier molecular flexibility index (Phi) is 3.62. The predicted octanol–water partition coefficient (Wildman–Crippen LogP) is 3.35. The molecule has 0 aliphatic rings. The second kappa shape index (κ2) is 5.43. The van der Waals surface area contributed by atoms with Crippen LogP contribution in [0.15, 0.2) is 34.2 Å². The minimum atomic E-state index is -0.531. The van der Waals surface area contributed by atoms with Gasteiger partial charge in [-0.3, -0.25) is 14.5 Å². The number of nitro benzene ring substituents is 1. The maximum absolute atomic E-state index is 11.1. The van der Waals surface area contributed by atoms with Crippen LogP contribution in [0, 0.1) is 10.1 Å². The van der Waals surface area contributed by atoms with Gasteiger partial charge in [-0.2, -0.15) is 4.98 Å². The number of halogens is 1. The summed E-state index contributed by atoms with van der Waals surface area (Å²) in [6, 6.07) is 4.47.